The van der Waals surface area contributed by atoms with Gasteiger partial charge in [0.2, 0.25) is 5.91 Å². The van der Waals surface area contributed by atoms with E-state index in [2.05, 4.69) is 5.32 Å². The minimum absolute atomic E-state index is 0. The molecule has 8 heteroatoms. The third kappa shape index (κ3) is 4.43. The number of nitrogens with one attached hydrogen (secondary N) is 1. The second kappa shape index (κ2) is 9.24. The summed E-state index contributed by atoms with van der Waals surface area (Å²) in [7, 11) is 1.60. The van der Waals surface area contributed by atoms with Crippen molar-refractivity contribution in [3.8, 4) is 5.75 Å². The predicted octanol–water partition coefficient (Wildman–Crippen LogP) is 3.26. The van der Waals surface area contributed by atoms with Crippen molar-refractivity contribution >= 4 is 35.6 Å². The normalized spacial score (nSPS) is 23.5. The molecule has 0 radical (unpaired) electrons. The zero-order chi connectivity index (χ0) is 18.7. The van der Waals surface area contributed by atoms with E-state index in [1.54, 1.807) is 25.3 Å². The number of carbonyl (C=O) groups is 1. The molecule has 26 heavy (non-hydrogen) atoms. The molecule has 0 spiro atoms. The second-order valence-corrected chi connectivity index (χ2v) is 7.19. The Bertz CT molecular complexity index is 627. The van der Waals surface area contributed by atoms with Gasteiger partial charge in [0.25, 0.3) is 0 Å². The van der Waals surface area contributed by atoms with Gasteiger partial charge in [0.15, 0.2) is 0 Å². The maximum Gasteiger partial charge on any atom is 0.245 e. The molecular weight excluding hydrogens is 379 g/mol. The molecular formula is C18H28Cl2N2O4. The van der Waals surface area contributed by atoms with Crippen LogP contribution in [0.3, 0.4) is 0 Å². The largest absolute Gasteiger partial charge is 0.490 e. The summed E-state index contributed by atoms with van der Waals surface area (Å²) in [6.07, 6.45) is 0.472. The van der Waals surface area contributed by atoms with Crippen molar-refractivity contribution in [3.05, 3.63) is 23.2 Å². The minimum Gasteiger partial charge on any atom is -0.490 e. The van der Waals surface area contributed by atoms with E-state index >= 15 is 0 Å². The summed E-state index contributed by atoms with van der Waals surface area (Å²) in [5.41, 5.74) is 5.53. The molecule has 1 amide bonds. The zero-order valence-electron chi connectivity index (χ0n) is 15.6. The number of halogens is 2. The van der Waals surface area contributed by atoms with Crippen molar-refractivity contribution in [1.82, 2.24) is 0 Å². The lowest BCUT2D eigenvalue weighted by Crippen LogP contribution is -2.74. The van der Waals surface area contributed by atoms with Crippen molar-refractivity contribution < 1.29 is 19.0 Å². The minimum atomic E-state index is -0.979. The Hall–Kier alpha value is -1.05. The lowest BCUT2D eigenvalue weighted by atomic mass is 9.54. The molecule has 1 aliphatic carbocycles. The highest BCUT2D eigenvalue weighted by molar-refractivity contribution is 6.32. The molecule has 0 bridgehead atoms. The first-order valence-electron chi connectivity index (χ1n) is 8.39. The molecule has 1 aromatic carbocycles. The number of carbonyl (C=O) groups excluding carboxylic acids is 1. The van der Waals surface area contributed by atoms with Crippen LogP contribution in [0, 0.1) is 5.41 Å². The van der Waals surface area contributed by atoms with Crippen LogP contribution in [0.5, 0.6) is 5.75 Å². The fourth-order valence-corrected chi connectivity index (χ4v) is 3.23. The van der Waals surface area contributed by atoms with Crippen molar-refractivity contribution in [3.63, 3.8) is 0 Å². The van der Waals surface area contributed by atoms with Crippen LogP contribution in [-0.4, -0.2) is 44.5 Å². The van der Waals surface area contributed by atoms with Crippen molar-refractivity contribution in [2.45, 2.75) is 38.8 Å². The molecule has 2 atom stereocenters. The van der Waals surface area contributed by atoms with Crippen LogP contribution < -0.4 is 15.8 Å². The van der Waals surface area contributed by atoms with Crippen LogP contribution in [0.1, 0.15) is 27.2 Å². The van der Waals surface area contributed by atoms with Crippen molar-refractivity contribution in [2.75, 3.05) is 32.2 Å². The van der Waals surface area contributed by atoms with Gasteiger partial charge >= 0.3 is 0 Å². The molecule has 148 valence electrons. The van der Waals surface area contributed by atoms with Crippen LogP contribution >= 0.6 is 24.0 Å². The average Bonchev–Trinajstić information content (AvgIpc) is 2.56. The third-order valence-corrected chi connectivity index (χ3v) is 5.27. The molecule has 0 saturated heterocycles. The van der Waals surface area contributed by atoms with E-state index in [4.69, 9.17) is 31.5 Å². The Morgan fingerprint density at radius 3 is 2.62 bits per heavy atom. The number of ether oxygens (including phenoxy) is 3. The summed E-state index contributed by atoms with van der Waals surface area (Å²) in [4.78, 5) is 12.7. The Morgan fingerprint density at radius 1 is 1.38 bits per heavy atom. The Balaban J connectivity index is 0.00000338. The van der Waals surface area contributed by atoms with E-state index in [0.717, 1.165) is 0 Å². The Morgan fingerprint density at radius 2 is 2.08 bits per heavy atom. The highest BCUT2D eigenvalue weighted by Gasteiger charge is 2.62. The maximum absolute atomic E-state index is 12.7. The van der Waals surface area contributed by atoms with Crippen LogP contribution in [0.2, 0.25) is 5.02 Å². The first kappa shape index (κ1) is 23.0. The number of benzene rings is 1. The number of methoxy groups -OCH3 is 1. The molecule has 2 unspecified atom stereocenters. The Kier molecular flexibility index (Phi) is 8.17. The van der Waals surface area contributed by atoms with Crippen LogP contribution in [0.25, 0.3) is 0 Å². The quantitative estimate of drug-likeness (QED) is 0.647. The monoisotopic (exact) mass is 406 g/mol. The smallest absolute Gasteiger partial charge is 0.245 e. The van der Waals surface area contributed by atoms with Gasteiger partial charge in [-0.15, -0.1) is 12.4 Å². The lowest BCUT2D eigenvalue weighted by molar-refractivity contribution is -0.166. The number of amides is 1. The first-order valence-corrected chi connectivity index (χ1v) is 8.77. The molecule has 2 rings (SSSR count). The molecule has 1 aliphatic rings. The summed E-state index contributed by atoms with van der Waals surface area (Å²) in [5, 5.41) is 3.27. The zero-order valence-corrected chi connectivity index (χ0v) is 17.2. The van der Waals surface area contributed by atoms with E-state index in [1.807, 2.05) is 20.8 Å². The standard InChI is InChI=1S/C18H27ClN2O4.ClH/c1-5-24-15-11-18(20,17(15,2)3)16(22)21-12-6-7-14(13(19)10-12)25-9-8-23-4;/h6-7,10,15H,5,8-9,11,20H2,1-4H3,(H,21,22);1H. The van der Waals surface area contributed by atoms with E-state index in [-0.39, 0.29) is 24.4 Å². The summed E-state index contributed by atoms with van der Waals surface area (Å²) >= 11 is 6.21. The van der Waals surface area contributed by atoms with E-state index in [1.165, 1.54) is 0 Å². The van der Waals surface area contributed by atoms with Gasteiger partial charge in [-0.1, -0.05) is 25.4 Å². The van der Waals surface area contributed by atoms with Gasteiger partial charge in [0, 0.05) is 31.2 Å². The number of anilines is 1. The molecule has 0 aromatic heterocycles. The average molecular weight is 407 g/mol. The van der Waals surface area contributed by atoms with E-state index in [0.29, 0.717) is 42.7 Å². The SMILES string of the molecule is CCOC1CC(N)(C(=O)Nc2ccc(OCCOC)c(Cl)c2)C1(C)C.Cl. The lowest BCUT2D eigenvalue weighted by Gasteiger charge is -2.57. The number of hydrogen-bond acceptors (Lipinski definition) is 5. The predicted molar refractivity (Wildman–Crippen MR) is 105 cm³/mol. The van der Waals surface area contributed by atoms with Crippen molar-refractivity contribution in [2.24, 2.45) is 11.1 Å². The van der Waals surface area contributed by atoms with Gasteiger partial charge in [0.05, 0.1) is 17.7 Å². The van der Waals surface area contributed by atoms with Gasteiger partial charge in [-0.05, 0) is 25.1 Å². The van der Waals surface area contributed by atoms with Gasteiger partial charge in [-0.3, -0.25) is 4.79 Å². The second-order valence-electron chi connectivity index (χ2n) is 6.78. The number of nitrogens with two attached hydrogens (primary N) is 1. The fourth-order valence-electron chi connectivity index (χ4n) is 2.99. The van der Waals surface area contributed by atoms with Crippen LogP contribution in [-0.2, 0) is 14.3 Å². The summed E-state index contributed by atoms with van der Waals surface area (Å²) in [6, 6.07) is 5.10. The highest BCUT2D eigenvalue weighted by atomic mass is 35.5. The summed E-state index contributed by atoms with van der Waals surface area (Å²) in [5.74, 6) is 0.303. The molecule has 0 aliphatic heterocycles. The highest BCUT2D eigenvalue weighted by Crippen LogP contribution is 2.50. The van der Waals surface area contributed by atoms with E-state index in [9.17, 15) is 4.79 Å². The molecule has 1 saturated carbocycles. The summed E-state index contributed by atoms with van der Waals surface area (Å²) in [6.45, 7) is 7.32. The van der Waals surface area contributed by atoms with Gasteiger partial charge in [0.1, 0.15) is 17.9 Å². The first-order chi connectivity index (χ1) is 11.8. The van der Waals surface area contributed by atoms with Crippen LogP contribution in [0.4, 0.5) is 5.69 Å². The third-order valence-electron chi connectivity index (χ3n) is 4.97. The summed E-state index contributed by atoms with van der Waals surface area (Å²) < 4.78 is 16.1. The molecule has 1 fully saturated rings. The topological polar surface area (TPSA) is 82.8 Å². The Labute approximate surface area is 166 Å². The number of hydrogen-bond donors (Lipinski definition) is 2. The molecule has 1 aromatic rings. The number of rotatable bonds is 8. The maximum atomic E-state index is 12.7. The molecule has 0 heterocycles. The van der Waals surface area contributed by atoms with Gasteiger partial charge < -0.3 is 25.3 Å². The van der Waals surface area contributed by atoms with Gasteiger partial charge in [-0.25, -0.2) is 0 Å². The van der Waals surface area contributed by atoms with E-state index < -0.39 is 11.0 Å². The van der Waals surface area contributed by atoms with Crippen LogP contribution in [0.15, 0.2) is 18.2 Å². The fraction of sp³-hybridized carbons (Fsp3) is 0.611. The van der Waals surface area contributed by atoms with Crippen molar-refractivity contribution in [1.29, 1.82) is 0 Å². The van der Waals surface area contributed by atoms with Gasteiger partial charge in [-0.2, -0.15) is 0 Å². The molecule has 6 nitrogen and oxygen atoms in total. The molecule has 3 N–H and O–H groups in total.